The Labute approximate surface area is 107 Å². The van der Waals surface area contributed by atoms with Gasteiger partial charge in [0.05, 0.1) is 5.69 Å². The molecule has 2 aromatic rings. The van der Waals surface area contributed by atoms with Gasteiger partial charge in [-0.25, -0.2) is 0 Å². The molecule has 1 heterocycles. The van der Waals surface area contributed by atoms with Crippen LogP contribution in [-0.4, -0.2) is 15.1 Å². The highest BCUT2D eigenvalue weighted by molar-refractivity contribution is 5.29. The normalized spacial score (nSPS) is 14.1. The smallest absolute Gasteiger partial charge is 0.115 e. The van der Waals surface area contributed by atoms with Gasteiger partial charge < -0.3 is 10.4 Å². The van der Waals surface area contributed by atoms with Crippen molar-refractivity contribution in [2.24, 2.45) is 0 Å². The van der Waals surface area contributed by atoms with E-state index in [1.165, 1.54) is 0 Å². The number of phenolic OH excluding ortho intramolecular Hbond substituents is 1. The van der Waals surface area contributed by atoms with Gasteiger partial charge in [0.15, 0.2) is 0 Å². The lowest BCUT2D eigenvalue weighted by molar-refractivity contribution is 0.464. The van der Waals surface area contributed by atoms with E-state index in [1.807, 2.05) is 19.1 Å². The second-order valence-electron chi connectivity index (χ2n) is 4.34. The molecule has 0 aliphatic carbocycles. The maximum Gasteiger partial charge on any atom is 0.115 e. The lowest BCUT2D eigenvalue weighted by Crippen LogP contribution is -2.23. The minimum Gasteiger partial charge on any atom is -0.508 e. The highest BCUT2D eigenvalue weighted by Crippen LogP contribution is 2.20. The van der Waals surface area contributed by atoms with Crippen LogP contribution in [0.15, 0.2) is 42.9 Å². The third kappa shape index (κ3) is 3.05. The predicted molar refractivity (Wildman–Crippen MR) is 70.1 cm³/mol. The van der Waals surface area contributed by atoms with Crippen LogP contribution in [0.2, 0.25) is 0 Å². The first-order valence-electron chi connectivity index (χ1n) is 5.97. The van der Waals surface area contributed by atoms with Crippen LogP contribution in [0.25, 0.3) is 0 Å². The van der Waals surface area contributed by atoms with E-state index in [2.05, 4.69) is 22.2 Å². The Hall–Kier alpha value is -1.94. The molecule has 0 spiro atoms. The van der Waals surface area contributed by atoms with Crippen molar-refractivity contribution in [1.29, 1.82) is 0 Å². The Balaban J connectivity index is 2.05. The van der Waals surface area contributed by atoms with E-state index in [0.29, 0.717) is 0 Å². The minimum absolute atomic E-state index is 0.107. The van der Waals surface area contributed by atoms with Crippen LogP contribution in [0.3, 0.4) is 0 Å². The second kappa shape index (κ2) is 5.60. The molecule has 2 unspecified atom stereocenters. The molecule has 94 valence electrons. The Morgan fingerprint density at radius 2 is 2.00 bits per heavy atom. The number of hydrogen-bond donors (Lipinski definition) is 2. The van der Waals surface area contributed by atoms with E-state index >= 15 is 0 Å². The van der Waals surface area contributed by atoms with Crippen LogP contribution < -0.4 is 5.32 Å². The van der Waals surface area contributed by atoms with Gasteiger partial charge in [0, 0.05) is 30.7 Å². The van der Waals surface area contributed by atoms with Gasteiger partial charge in [0.1, 0.15) is 5.75 Å². The standard InChI is InChI=1S/C14H17N3O/c1-10(12-4-3-5-13(18)8-12)17-11(2)14-9-15-6-7-16-14/h3-11,17-18H,1-2H3. The molecule has 2 rings (SSSR count). The van der Waals surface area contributed by atoms with E-state index in [-0.39, 0.29) is 17.8 Å². The number of phenols is 1. The summed E-state index contributed by atoms with van der Waals surface area (Å²) in [6, 6.07) is 7.50. The van der Waals surface area contributed by atoms with Crippen molar-refractivity contribution in [3.63, 3.8) is 0 Å². The zero-order valence-corrected chi connectivity index (χ0v) is 10.5. The third-order valence-electron chi connectivity index (χ3n) is 2.90. The molecule has 0 saturated carbocycles. The quantitative estimate of drug-likeness (QED) is 0.866. The second-order valence-corrected chi connectivity index (χ2v) is 4.34. The molecular formula is C14H17N3O. The first-order valence-corrected chi connectivity index (χ1v) is 5.97. The Morgan fingerprint density at radius 3 is 2.67 bits per heavy atom. The molecule has 1 aromatic carbocycles. The molecule has 0 aliphatic heterocycles. The molecule has 4 heteroatoms. The molecular weight excluding hydrogens is 226 g/mol. The fourth-order valence-corrected chi connectivity index (χ4v) is 1.88. The van der Waals surface area contributed by atoms with Crippen LogP contribution >= 0.6 is 0 Å². The van der Waals surface area contributed by atoms with Crippen molar-refractivity contribution < 1.29 is 5.11 Å². The molecule has 0 saturated heterocycles. The van der Waals surface area contributed by atoms with Crippen LogP contribution in [0.4, 0.5) is 0 Å². The molecule has 18 heavy (non-hydrogen) atoms. The van der Waals surface area contributed by atoms with E-state index in [1.54, 1.807) is 30.7 Å². The van der Waals surface area contributed by atoms with Crippen LogP contribution in [0, 0.1) is 0 Å². The SMILES string of the molecule is CC(NC(C)c1cnccn1)c1cccc(O)c1. The summed E-state index contributed by atoms with van der Waals surface area (Å²) >= 11 is 0. The Kier molecular flexibility index (Phi) is 3.89. The van der Waals surface area contributed by atoms with Crippen molar-refractivity contribution in [2.45, 2.75) is 25.9 Å². The maximum absolute atomic E-state index is 9.46. The number of aromatic nitrogens is 2. The largest absolute Gasteiger partial charge is 0.508 e. The van der Waals surface area contributed by atoms with Gasteiger partial charge in [-0.1, -0.05) is 12.1 Å². The third-order valence-corrected chi connectivity index (χ3v) is 2.90. The molecule has 0 radical (unpaired) electrons. The molecule has 1 aromatic heterocycles. The van der Waals surface area contributed by atoms with Crippen LogP contribution in [-0.2, 0) is 0 Å². The Morgan fingerprint density at radius 1 is 1.17 bits per heavy atom. The van der Waals surface area contributed by atoms with Crippen molar-refractivity contribution in [2.75, 3.05) is 0 Å². The molecule has 0 fully saturated rings. The summed E-state index contributed by atoms with van der Waals surface area (Å²) in [4.78, 5) is 8.33. The summed E-state index contributed by atoms with van der Waals surface area (Å²) in [5.41, 5.74) is 1.95. The first kappa shape index (κ1) is 12.5. The molecule has 0 amide bonds. The summed E-state index contributed by atoms with van der Waals surface area (Å²) in [6.07, 6.45) is 5.11. The van der Waals surface area contributed by atoms with Gasteiger partial charge in [-0.05, 0) is 31.5 Å². The van der Waals surface area contributed by atoms with Gasteiger partial charge in [0.2, 0.25) is 0 Å². The first-order chi connectivity index (χ1) is 8.66. The zero-order valence-electron chi connectivity index (χ0n) is 10.5. The van der Waals surface area contributed by atoms with E-state index in [0.717, 1.165) is 11.3 Å². The number of nitrogens with zero attached hydrogens (tertiary/aromatic N) is 2. The van der Waals surface area contributed by atoms with Crippen LogP contribution in [0.5, 0.6) is 5.75 Å². The van der Waals surface area contributed by atoms with Crippen molar-refractivity contribution in [3.05, 3.63) is 54.1 Å². The lowest BCUT2D eigenvalue weighted by atomic mass is 10.1. The number of rotatable bonds is 4. The molecule has 2 atom stereocenters. The van der Waals surface area contributed by atoms with Gasteiger partial charge in [-0.3, -0.25) is 9.97 Å². The number of nitrogens with one attached hydrogen (secondary N) is 1. The predicted octanol–water partition coefficient (Wildman–Crippen LogP) is 2.59. The lowest BCUT2D eigenvalue weighted by Gasteiger charge is -2.19. The minimum atomic E-state index is 0.107. The fraction of sp³-hybridized carbons (Fsp3) is 0.286. The van der Waals surface area contributed by atoms with E-state index in [4.69, 9.17) is 0 Å². The summed E-state index contributed by atoms with van der Waals surface area (Å²) in [5, 5.41) is 12.9. The molecule has 4 nitrogen and oxygen atoms in total. The zero-order chi connectivity index (χ0) is 13.0. The molecule has 0 aliphatic rings. The summed E-state index contributed by atoms with van der Waals surface area (Å²) in [6.45, 7) is 4.10. The van der Waals surface area contributed by atoms with Gasteiger partial charge >= 0.3 is 0 Å². The molecule has 0 bridgehead atoms. The average Bonchev–Trinajstić information content (AvgIpc) is 2.39. The monoisotopic (exact) mass is 243 g/mol. The van der Waals surface area contributed by atoms with Crippen LogP contribution in [0.1, 0.15) is 37.2 Å². The summed E-state index contributed by atoms with van der Waals surface area (Å²) < 4.78 is 0. The highest BCUT2D eigenvalue weighted by atomic mass is 16.3. The number of benzene rings is 1. The van der Waals surface area contributed by atoms with Crippen molar-refractivity contribution in [3.8, 4) is 5.75 Å². The van der Waals surface area contributed by atoms with Crippen molar-refractivity contribution in [1.82, 2.24) is 15.3 Å². The highest BCUT2D eigenvalue weighted by Gasteiger charge is 2.12. The van der Waals surface area contributed by atoms with Gasteiger partial charge in [0.25, 0.3) is 0 Å². The van der Waals surface area contributed by atoms with E-state index < -0.39 is 0 Å². The van der Waals surface area contributed by atoms with Gasteiger partial charge in [-0.2, -0.15) is 0 Å². The topological polar surface area (TPSA) is 58.0 Å². The summed E-state index contributed by atoms with van der Waals surface area (Å²) in [5.74, 6) is 0.285. The average molecular weight is 243 g/mol. The summed E-state index contributed by atoms with van der Waals surface area (Å²) in [7, 11) is 0. The van der Waals surface area contributed by atoms with E-state index in [9.17, 15) is 5.11 Å². The fourth-order valence-electron chi connectivity index (χ4n) is 1.88. The maximum atomic E-state index is 9.46. The Bertz CT molecular complexity index is 501. The number of aromatic hydroxyl groups is 1. The van der Waals surface area contributed by atoms with Gasteiger partial charge in [-0.15, -0.1) is 0 Å². The number of hydrogen-bond acceptors (Lipinski definition) is 4. The van der Waals surface area contributed by atoms with Crippen molar-refractivity contribution >= 4 is 0 Å². The molecule has 2 N–H and O–H groups in total.